The zero-order valence-electron chi connectivity index (χ0n) is 6.72. The lowest BCUT2D eigenvalue weighted by Gasteiger charge is -2.07. The maximum atomic E-state index is 5.01. The third-order valence-electron chi connectivity index (χ3n) is 1.50. The van der Waals surface area contributed by atoms with Crippen LogP contribution in [0.1, 0.15) is 12.8 Å². The lowest BCUT2D eigenvalue weighted by atomic mass is 10.6. The van der Waals surface area contributed by atoms with E-state index in [1.807, 2.05) is 0 Å². The van der Waals surface area contributed by atoms with Gasteiger partial charge in [0.15, 0.2) is 5.11 Å². The van der Waals surface area contributed by atoms with Crippen molar-refractivity contribution < 1.29 is 4.74 Å². The molecule has 0 saturated heterocycles. The Kier molecular flexibility index (Phi) is 3.59. The topological polar surface area (TPSA) is 33.3 Å². The van der Waals surface area contributed by atoms with E-state index < -0.39 is 0 Å². The molecular formula is C7H14N2OS. The van der Waals surface area contributed by atoms with Gasteiger partial charge < -0.3 is 15.4 Å². The van der Waals surface area contributed by atoms with E-state index in [4.69, 9.17) is 17.0 Å². The van der Waals surface area contributed by atoms with Crippen LogP contribution in [0, 0.1) is 0 Å². The molecule has 0 atom stereocenters. The molecule has 0 amide bonds. The van der Waals surface area contributed by atoms with Gasteiger partial charge in [0.05, 0.1) is 6.61 Å². The zero-order valence-corrected chi connectivity index (χ0v) is 7.54. The minimum Gasteiger partial charge on any atom is -0.383 e. The molecule has 0 spiro atoms. The SMILES string of the molecule is COCCNC(=S)NC1CC1. The van der Waals surface area contributed by atoms with Gasteiger partial charge in [-0.15, -0.1) is 0 Å². The van der Waals surface area contributed by atoms with Crippen molar-refractivity contribution in [1.29, 1.82) is 0 Å². The molecular weight excluding hydrogens is 160 g/mol. The van der Waals surface area contributed by atoms with Gasteiger partial charge in [0.2, 0.25) is 0 Å². The van der Waals surface area contributed by atoms with Crippen LogP contribution in [0.3, 0.4) is 0 Å². The summed E-state index contributed by atoms with van der Waals surface area (Å²) in [6, 6.07) is 0.637. The monoisotopic (exact) mass is 174 g/mol. The van der Waals surface area contributed by atoms with Crippen LogP contribution in [0.4, 0.5) is 0 Å². The fourth-order valence-corrected chi connectivity index (χ4v) is 0.999. The molecule has 0 aliphatic heterocycles. The van der Waals surface area contributed by atoms with Crippen molar-refractivity contribution in [2.45, 2.75) is 18.9 Å². The molecule has 0 radical (unpaired) electrons. The number of ether oxygens (including phenoxy) is 1. The van der Waals surface area contributed by atoms with Gasteiger partial charge in [-0.05, 0) is 25.1 Å². The van der Waals surface area contributed by atoms with Crippen molar-refractivity contribution in [3.8, 4) is 0 Å². The first-order valence-corrected chi connectivity index (χ1v) is 4.27. The largest absolute Gasteiger partial charge is 0.383 e. The maximum Gasteiger partial charge on any atom is 0.166 e. The van der Waals surface area contributed by atoms with E-state index in [0.717, 1.165) is 11.7 Å². The second kappa shape index (κ2) is 4.51. The highest BCUT2D eigenvalue weighted by Gasteiger charge is 2.21. The molecule has 64 valence electrons. The van der Waals surface area contributed by atoms with Gasteiger partial charge >= 0.3 is 0 Å². The average Bonchev–Trinajstić information content (AvgIpc) is 2.72. The quantitative estimate of drug-likeness (QED) is 0.473. The summed E-state index contributed by atoms with van der Waals surface area (Å²) in [5.74, 6) is 0. The highest BCUT2D eigenvalue weighted by atomic mass is 32.1. The zero-order chi connectivity index (χ0) is 8.10. The molecule has 1 aliphatic carbocycles. The molecule has 4 heteroatoms. The predicted octanol–water partition coefficient (Wildman–Crippen LogP) is 0.259. The van der Waals surface area contributed by atoms with Crippen LogP contribution in [0.2, 0.25) is 0 Å². The van der Waals surface area contributed by atoms with Gasteiger partial charge in [-0.25, -0.2) is 0 Å². The molecule has 0 aromatic carbocycles. The number of nitrogens with one attached hydrogen (secondary N) is 2. The molecule has 0 aromatic heterocycles. The van der Waals surface area contributed by atoms with Crippen molar-refractivity contribution in [1.82, 2.24) is 10.6 Å². The molecule has 0 heterocycles. The molecule has 3 nitrogen and oxygen atoms in total. The first kappa shape index (κ1) is 8.74. The summed E-state index contributed by atoms with van der Waals surface area (Å²) in [6.45, 7) is 1.49. The number of methoxy groups -OCH3 is 1. The molecule has 1 aliphatic rings. The van der Waals surface area contributed by atoms with E-state index in [2.05, 4.69) is 10.6 Å². The summed E-state index contributed by atoms with van der Waals surface area (Å²) in [5.41, 5.74) is 0. The molecule has 11 heavy (non-hydrogen) atoms. The molecule has 0 unspecified atom stereocenters. The number of hydrogen-bond donors (Lipinski definition) is 2. The highest BCUT2D eigenvalue weighted by Crippen LogP contribution is 2.18. The fraction of sp³-hybridized carbons (Fsp3) is 0.857. The molecule has 1 saturated carbocycles. The van der Waals surface area contributed by atoms with E-state index in [0.29, 0.717) is 12.6 Å². The van der Waals surface area contributed by atoms with E-state index in [-0.39, 0.29) is 0 Å². The van der Waals surface area contributed by atoms with Gasteiger partial charge in [0, 0.05) is 19.7 Å². The van der Waals surface area contributed by atoms with Crippen LogP contribution in [0.5, 0.6) is 0 Å². The molecule has 0 aromatic rings. The Labute approximate surface area is 72.5 Å². The number of rotatable bonds is 4. The van der Waals surface area contributed by atoms with Crippen molar-refractivity contribution >= 4 is 17.3 Å². The Morgan fingerprint density at radius 2 is 2.36 bits per heavy atom. The van der Waals surface area contributed by atoms with Crippen LogP contribution in [-0.2, 0) is 4.74 Å². The summed E-state index contributed by atoms with van der Waals surface area (Å²) in [4.78, 5) is 0. The lowest BCUT2D eigenvalue weighted by molar-refractivity contribution is 0.204. The summed E-state index contributed by atoms with van der Waals surface area (Å²) >= 11 is 5.01. The van der Waals surface area contributed by atoms with Crippen LogP contribution in [0.15, 0.2) is 0 Å². The Morgan fingerprint density at radius 1 is 1.64 bits per heavy atom. The third kappa shape index (κ3) is 4.16. The first-order valence-electron chi connectivity index (χ1n) is 3.86. The van der Waals surface area contributed by atoms with Crippen LogP contribution < -0.4 is 10.6 Å². The summed E-state index contributed by atoms with van der Waals surface area (Å²) in [5, 5.41) is 6.98. The van der Waals surface area contributed by atoms with Gasteiger partial charge in [-0.1, -0.05) is 0 Å². The van der Waals surface area contributed by atoms with Crippen molar-refractivity contribution in [3.63, 3.8) is 0 Å². The van der Waals surface area contributed by atoms with Crippen molar-refractivity contribution in [2.75, 3.05) is 20.3 Å². The van der Waals surface area contributed by atoms with Crippen molar-refractivity contribution in [3.05, 3.63) is 0 Å². The van der Waals surface area contributed by atoms with E-state index >= 15 is 0 Å². The standard InChI is InChI=1S/C7H14N2OS/c1-10-5-4-8-7(11)9-6-2-3-6/h6H,2-5H2,1H3,(H2,8,9,11). The Hall–Kier alpha value is -0.350. The minimum absolute atomic E-state index is 0.637. The summed E-state index contributed by atoms with van der Waals surface area (Å²) < 4.78 is 4.86. The normalized spacial score (nSPS) is 16.1. The van der Waals surface area contributed by atoms with Gasteiger partial charge in [-0.3, -0.25) is 0 Å². The summed E-state index contributed by atoms with van der Waals surface area (Å²) in [6.07, 6.45) is 2.51. The maximum absolute atomic E-state index is 5.01. The molecule has 2 N–H and O–H groups in total. The van der Waals surface area contributed by atoms with Crippen LogP contribution in [-0.4, -0.2) is 31.4 Å². The predicted molar refractivity (Wildman–Crippen MR) is 48.6 cm³/mol. The van der Waals surface area contributed by atoms with E-state index in [1.165, 1.54) is 12.8 Å². The molecule has 1 rings (SSSR count). The van der Waals surface area contributed by atoms with E-state index in [9.17, 15) is 0 Å². The van der Waals surface area contributed by atoms with E-state index in [1.54, 1.807) is 7.11 Å². The van der Waals surface area contributed by atoms with Crippen molar-refractivity contribution in [2.24, 2.45) is 0 Å². The second-order valence-electron chi connectivity index (χ2n) is 2.67. The van der Waals surface area contributed by atoms with Gasteiger partial charge in [0.25, 0.3) is 0 Å². The summed E-state index contributed by atoms with van der Waals surface area (Å²) in [7, 11) is 1.68. The fourth-order valence-electron chi connectivity index (χ4n) is 0.731. The number of thiocarbonyl (C=S) groups is 1. The Balaban J connectivity index is 1.92. The lowest BCUT2D eigenvalue weighted by Crippen LogP contribution is -2.38. The smallest absolute Gasteiger partial charge is 0.166 e. The van der Waals surface area contributed by atoms with Gasteiger partial charge in [-0.2, -0.15) is 0 Å². The Morgan fingerprint density at radius 3 is 2.91 bits per heavy atom. The van der Waals surface area contributed by atoms with Crippen LogP contribution in [0.25, 0.3) is 0 Å². The molecule has 0 bridgehead atoms. The minimum atomic E-state index is 0.637. The molecule has 1 fully saturated rings. The first-order chi connectivity index (χ1) is 5.33. The van der Waals surface area contributed by atoms with Crippen LogP contribution >= 0.6 is 12.2 Å². The van der Waals surface area contributed by atoms with Gasteiger partial charge in [0.1, 0.15) is 0 Å². The third-order valence-corrected chi connectivity index (χ3v) is 1.77. The number of hydrogen-bond acceptors (Lipinski definition) is 2. The highest BCUT2D eigenvalue weighted by molar-refractivity contribution is 7.80. The average molecular weight is 174 g/mol. The second-order valence-corrected chi connectivity index (χ2v) is 3.08. The Bertz CT molecular complexity index is 136.